The average molecular weight is 388 g/mol. The zero-order valence-electron chi connectivity index (χ0n) is 15.3. The first kappa shape index (κ1) is 21.5. The number of ether oxygens (including phenoxy) is 2. The van der Waals surface area contributed by atoms with Gasteiger partial charge >= 0.3 is 0 Å². The van der Waals surface area contributed by atoms with Crippen LogP contribution in [0.1, 0.15) is 27.2 Å². The molecule has 1 aromatic carbocycles. The van der Waals surface area contributed by atoms with Crippen LogP contribution in [0.25, 0.3) is 0 Å². The lowest BCUT2D eigenvalue weighted by atomic mass is 9.96. The van der Waals surface area contributed by atoms with Gasteiger partial charge in [0.05, 0.1) is 12.7 Å². The summed E-state index contributed by atoms with van der Waals surface area (Å²) < 4.78 is 16.6. The van der Waals surface area contributed by atoms with Gasteiger partial charge in [-0.3, -0.25) is 0 Å². The topological polar surface area (TPSA) is 109 Å². The maximum absolute atomic E-state index is 10.2. The van der Waals surface area contributed by atoms with E-state index in [-0.39, 0.29) is 11.6 Å². The molecule has 0 aromatic heterocycles. The van der Waals surface area contributed by atoms with Crippen LogP contribution in [0.4, 0.5) is 0 Å². The summed E-state index contributed by atoms with van der Waals surface area (Å²) in [5, 5.41) is 30.5. The van der Waals surface area contributed by atoms with Gasteiger partial charge in [-0.2, -0.15) is 0 Å². The van der Waals surface area contributed by atoms with Gasteiger partial charge in [0.15, 0.2) is 8.38 Å². The highest BCUT2D eigenvalue weighted by Crippen LogP contribution is 2.58. The Balaban J connectivity index is 0.00000117. The summed E-state index contributed by atoms with van der Waals surface area (Å²) in [5.41, 5.74) is -0.0978. The second-order valence-electron chi connectivity index (χ2n) is 6.06. The SMILES string of the molecule is CC.CCOP(O)C1CC1C1O[C@H](Oc2ccccc2)C(O)C(O)[C@@H]1O. The summed E-state index contributed by atoms with van der Waals surface area (Å²) in [4.78, 5) is 9.96. The first-order valence-electron chi connectivity index (χ1n) is 9.05. The zero-order chi connectivity index (χ0) is 19.3. The molecule has 26 heavy (non-hydrogen) atoms. The fourth-order valence-electron chi connectivity index (χ4n) is 2.99. The van der Waals surface area contributed by atoms with Crippen molar-refractivity contribution in [3.05, 3.63) is 30.3 Å². The van der Waals surface area contributed by atoms with Gasteiger partial charge in [0.2, 0.25) is 6.29 Å². The summed E-state index contributed by atoms with van der Waals surface area (Å²) in [6.45, 7) is 6.22. The number of hydrogen-bond acceptors (Lipinski definition) is 7. The van der Waals surface area contributed by atoms with Gasteiger partial charge in [0, 0.05) is 5.66 Å². The van der Waals surface area contributed by atoms with E-state index in [0.717, 1.165) is 0 Å². The van der Waals surface area contributed by atoms with Crippen molar-refractivity contribution in [2.45, 2.75) is 63.6 Å². The lowest BCUT2D eigenvalue weighted by Crippen LogP contribution is -2.59. The Morgan fingerprint density at radius 3 is 2.35 bits per heavy atom. The van der Waals surface area contributed by atoms with Gasteiger partial charge in [-0.05, 0) is 31.4 Å². The molecule has 1 saturated heterocycles. The summed E-state index contributed by atoms with van der Waals surface area (Å²) in [6.07, 6.45) is -5.15. The third-order valence-electron chi connectivity index (χ3n) is 4.37. The van der Waals surface area contributed by atoms with Crippen LogP contribution in [0, 0.1) is 5.92 Å². The number of aliphatic hydroxyl groups is 3. The summed E-state index contributed by atoms with van der Waals surface area (Å²) >= 11 is 0. The molecule has 1 aliphatic heterocycles. The molecule has 1 saturated carbocycles. The molecule has 8 atom stereocenters. The van der Waals surface area contributed by atoms with E-state index in [9.17, 15) is 20.2 Å². The minimum absolute atomic E-state index is 0.0978. The molecule has 0 spiro atoms. The molecule has 1 heterocycles. The summed E-state index contributed by atoms with van der Waals surface area (Å²) in [5.74, 6) is 0.363. The molecule has 2 fully saturated rings. The van der Waals surface area contributed by atoms with E-state index in [0.29, 0.717) is 18.8 Å². The second-order valence-corrected chi connectivity index (χ2v) is 7.59. The Labute approximate surface area is 155 Å². The number of aliphatic hydroxyl groups excluding tert-OH is 3. The van der Waals surface area contributed by atoms with Crippen molar-refractivity contribution in [3.8, 4) is 5.75 Å². The van der Waals surface area contributed by atoms with Crippen LogP contribution in [0.15, 0.2) is 30.3 Å². The van der Waals surface area contributed by atoms with Crippen molar-refractivity contribution in [2.24, 2.45) is 5.92 Å². The van der Waals surface area contributed by atoms with E-state index in [1.165, 1.54) is 0 Å². The van der Waals surface area contributed by atoms with E-state index < -0.39 is 39.1 Å². The Morgan fingerprint density at radius 1 is 1.08 bits per heavy atom. The van der Waals surface area contributed by atoms with Crippen LogP contribution in [0.3, 0.4) is 0 Å². The minimum atomic E-state index is -1.58. The van der Waals surface area contributed by atoms with E-state index in [4.69, 9.17) is 14.0 Å². The van der Waals surface area contributed by atoms with Crippen molar-refractivity contribution < 1.29 is 34.2 Å². The smallest absolute Gasteiger partial charge is 0.229 e. The molecular weight excluding hydrogens is 359 g/mol. The zero-order valence-corrected chi connectivity index (χ0v) is 16.2. The van der Waals surface area contributed by atoms with Crippen molar-refractivity contribution in [3.63, 3.8) is 0 Å². The highest BCUT2D eigenvalue weighted by atomic mass is 31.2. The van der Waals surface area contributed by atoms with Crippen LogP contribution in [-0.2, 0) is 9.26 Å². The van der Waals surface area contributed by atoms with E-state index in [1.807, 2.05) is 19.9 Å². The highest BCUT2D eigenvalue weighted by molar-refractivity contribution is 7.47. The Morgan fingerprint density at radius 2 is 1.73 bits per heavy atom. The molecule has 0 amide bonds. The van der Waals surface area contributed by atoms with Gasteiger partial charge in [0.25, 0.3) is 0 Å². The largest absolute Gasteiger partial charge is 0.462 e. The Hall–Kier alpha value is -0.790. The number of rotatable bonds is 6. The average Bonchev–Trinajstić information content (AvgIpc) is 3.45. The molecule has 1 aromatic rings. The maximum atomic E-state index is 10.2. The molecule has 4 N–H and O–H groups in total. The van der Waals surface area contributed by atoms with Crippen LogP contribution in [0.2, 0.25) is 0 Å². The van der Waals surface area contributed by atoms with Crippen molar-refractivity contribution in [2.75, 3.05) is 6.61 Å². The van der Waals surface area contributed by atoms with E-state index >= 15 is 0 Å². The highest BCUT2D eigenvalue weighted by Gasteiger charge is 2.57. The Bertz CT molecular complexity index is 532. The summed E-state index contributed by atoms with van der Waals surface area (Å²) in [6, 6.07) is 8.82. The predicted molar refractivity (Wildman–Crippen MR) is 97.8 cm³/mol. The molecule has 7 nitrogen and oxygen atoms in total. The number of benzene rings is 1. The van der Waals surface area contributed by atoms with Gasteiger partial charge in [0.1, 0.15) is 24.1 Å². The quantitative estimate of drug-likeness (QED) is 0.549. The Kier molecular flexibility index (Phi) is 8.23. The van der Waals surface area contributed by atoms with Gasteiger partial charge in [-0.1, -0.05) is 32.0 Å². The van der Waals surface area contributed by atoms with Crippen LogP contribution in [0.5, 0.6) is 5.75 Å². The van der Waals surface area contributed by atoms with Gasteiger partial charge in [-0.15, -0.1) is 0 Å². The first-order chi connectivity index (χ1) is 12.5. The monoisotopic (exact) mass is 388 g/mol. The van der Waals surface area contributed by atoms with Crippen LogP contribution >= 0.6 is 8.38 Å². The van der Waals surface area contributed by atoms with Crippen molar-refractivity contribution in [1.29, 1.82) is 0 Å². The molecule has 148 valence electrons. The fourth-order valence-corrected chi connectivity index (χ4v) is 4.37. The van der Waals surface area contributed by atoms with Crippen LogP contribution in [-0.4, -0.2) is 63.2 Å². The molecule has 8 heteroatoms. The molecular formula is C18H29O7P. The van der Waals surface area contributed by atoms with Crippen molar-refractivity contribution >= 4 is 8.38 Å². The third kappa shape index (κ3) is 4.93. The lowest BCUT2D eigenvalue weighted by Gasteiger charge is -2.40. The van der Waals surface area contributed by atoms with E-state index in [2.05, 4.69) is 0 Å². The maximum Gasteiger partial charge on any atom is 0.229 e. The first-order valence-corrected chi connectivity index (χ1v) is 10.3. The van der Waals surface area contributed by atoms with Crippen LogP contribution < -0.4 is 4.74 Å². The minimum Gasteiger partial charge on any atom is -0.462 e. The molecule has 0 bridgehead atoms. The third-order valence-corrected chi connectivity index (χ3v) is 6.06. The molecule has 1 aliphatic carbocycles. The fraction of sp³-hybridized carbons (Fsp3) is 0.667. The molecule has 2 aliphatic rings. The van der Waals surface area contributed by atoms with Gasteiger partial charge in [-0.25, -0.2) is 0 Å². The number of para-hydroxylation sites is 1. The van der Waals surface area contributed by atoms with Crippen molar-refractivity contribution in [1.82, 2.24) is 0 Å². The van der Waals surface area contributed by atoms with Gasteiger partial charge < -0.3 is 34.2 Å². The second kappa shape index (κ2) is 9.95. The molecule has 6 unspecified atom stereocenters. The predicted octanol–water partition coefficient (Wildman–Crippen LogP) is 1.63. The number of hydrogen-bond donors (Lipinski definition) is 4. The standard InChI is InChI=1S/C16H23O7P.C2H6/c1-2-21-24(20)11-8-10(11)15-13(18)12(17)14(19)16(23-15)22-9-6-4-3-5-7-9;1-2/h3-7,10-20H,2,8H2,1H3;1-2H3/t10?,11?,12?,13-,14?,15?,16-,24?;/m0./s1. The summed E-state index contributed by atoms with van der Waals surface area (Å²) in [7, 11) is -1.58. The molecule has 3 rings (SSSR count). The lowest BCUT2D eigenvalue weighted by molar-refractivity contribution is -0.276. The normalized spacial score (nSPS) is 37.3. The molecule has 0 radical (unpaired) electrons. The van der Waals surface area contributed by atoms with E-state index in [1.54, 1.807) is 31.2 Å².